The van der Waals surface area contributed by atoms with Gasteiger partial charge >= 0.3 is 0 Å². The first-order valence-electron chi connectivity index (χ1n) is 7.34. The third-order valence-corrected chi connectivity index (χ3v) is 3.88. The molecule has 1 amide bonds. The van der Waals surface area contributed by atoms with Crippen LogP contribution in [0.2, 0.25) is 0 Å². The zero-order valence-corrected chi connectivity index (χ0v) is 11.6. The van der Waals surface area contributed by atoms with E-state index in [1.807, 2.05) is 23.1 Å². The van der Waals surface area contributed by atoms with E-state index in [0.717, 1.165) is 12.8 Å². The molecule has 1 aliphatic carbocycles. The summed E-state index contributed by atoms with van der Waals surface area (Å²) < 4.78 is 0. The molecule has 2 rings (SSSR count). The Kier molecular flexibility index (Phi) is 5.40. The second-order valence-electron chi connectivity index (χ2n) is 5.37. The second kappa shape index (κ2) is 7.29. The van der Waals surface area contributed by atoms with Gasteiger partial charge in [0.1, 0.15) is 0 Å². The molecule has 104 valence electrons. The molecule has 1 saturated carbocycles. The maximum Gasteiger partial charge on any atom is 0.226 e. The molecule has 2 N–H and O–H groups in total. The fraction of sp³-hybridized carbons (Fsp3) is 0.562. The van der Waals surface area contributed by atoms with E-state index in [-0.39, 0.29) is 5.92 Å². The summed E-state index contributed by atoms with van der Waals surface area (Å²) in [5, 5.41) is 0. The van der Waals surface area contributed by atoms with E-state index >= 15 is 0 Å². The summed E-state index contributed by atoms with van der Waals surface area (Å²) in [6, 6.07) is 10.2. The van der Waals surface area contributed by atoms with E-state index < -0.39 is 0 Å². The molecule has 0 aliphatic heterocycles. The zero-order valence-electron chi connectivity index (χ0n) is 11.6. The van der Waals surface area contributed by atoms with Gasteiger partial charge in [0, 0.05) is 25.6 Å². The Morgan fingerprint density at radius 1 is 1.16 bits per heavy atom. The highest BCUT2D eigenvalue weighted by atomic mass is 16.2. The van der Waals surface area contributed by atoms with Crippen molar-refractivity contribution in [2.75, 3.05) is 13.1 Å². The van der Waals surface area contributed by atoms with Crippen LogP contribution in [-0.4, -0.2) is 23.9 Å². The first-order chi connectivity index (χ1) is 9.31. The number of rotatable bonds is 5. The molecule has 1 aromatic carbocycles. The molecule has 19 heavy (non-hydrogen) atoms. The minimum Gasteiger partial charge on any atom is -0.337 e. The minimum absolute atomic E-state index is 0.226. The second-order valence-corrected chi connectivity index (χ2v) is 5.37. The first-order valence-corrected chi connectivity index (χ1v) is 7.34. The predicted molar refractivity (Wildman–Crippen MR) is 77.5 cm³/mol. The standard InChI is InChI=1S/C16H24N2O/c17-11-12-18(13-14-7-3-1-4-8-14)16(19)15-9-5-2-6-10-15/h1,3-4,7-8,15H,2,5-6,9-13,17H2. The molecule has 0 saturated heterocycles. The zero-order chi connectivity index (χ0) is 13.5. The molecule has 1 aliphatic rings. The van der Waals surface area contributed by atoms with Crippen molar-refractivity contribution in [2.24, 2.45) is 11.7 Å². The lowest BCUT2D eigenvalue weighted by atomic mass is 9.88. The molecule has 0 spiro atoms. The lowest BCUT2D eigenvalue weighted by Gasteiger charge is -2.29. The lowest BCUT2D eigenvalue weighted by molar-refractivity contribution is -0.137. The van der Waals surface area contributed by atoms with Crippen molar-refractivity contribution >= 4 is 5.91 Å². The van der Waals surface area contributed by atoms with Gasteiger partial charge in [-0.05, 0) is 18.4 Å². The fourth-order valence-electron chi connectivity index (χ4n) is 2.83. The number of carbonyl (C=O) groups is 1. The Morgan fingerprint density at radius 2 is 1.84 bits per heavy atom. The summed E-state index contributed by atoms with van der Waals surface area (Å²) in [5.74, 6) is 0.526. The molecule has 0 radical (unpaired) electrons. The predicted octanol–water partition coefficient (Wildman–Crippen LogP) is 2.55. The maximum absolute atomic E-state index is 12.6. The van der Waals surface area contributed by atoms with Crippen LogP contribution in [0.1, 0.15) is 37.7 Å². The number of carbonyl (C=O) groups excluding carboxylic acids is 1. The van der Waals surface area contributed by atoms with Crippen LogP contribution in [-0.2, 0) is 11.3 Å². The molecule has 0 aromatic heterocycles. The van der Waals surface area contributed by atoms with Crippen LogP contribution in [0.15, 0.2) is 30.3 Å². The van der Waals surface area contributed by atoms with Crippen LogP contribution < -0.4 is 5.73 Å². The molecule has 0 unspecified atom stereocenters. The van der Waals surface area contributed by atoms with Gasteiger partial charge in [-0.25, -0.2) is 0 Å². The van der Waals surface area contributed by atoms with E-state index in [4.69, 9.17) is 5.73 Å². The van der Waals surface area contributed by atoms with Crippen LogP contribution >= 0.6 is 0 Å². The van der Waals surface area contributed by atoms with Crippen molar-refractivity contribution in [3.63, 3.8) is 0 Å². The highest BCUT2D eigenvalue weighted by Crippen LogP contribution is 2.25. The smallest absolute Gasteiger partial charge is 0.226 e. The van der Waals surface area contributed by atoms with Gasteiger partial charge in [-0.3, -0.25) is 4.79 Å². The van der Waals surface area contributed by atoms with E-state index in [2.05, 4.69) is 12.1 Å². The van der Waals surface area contributed by atoms with Gasteiger partial charge in [-0.2, -0.15) is 0 Å². The van der Waals surface area contributed by atoms with Gasteiger partial charge in [0.2, 0.25) is 5.91 Å². The number of hydrogen-bond donors (Lipinski definition) is 1. The molecule has 0 atom stereocenters. The van der Waals surface area contributed by atoms with Gasteiger partial charge < -0.3 is 10.6 Å². The first kappa shape index (κ1) is 14.1. The highest BCUT2D eigenvalue weighted by molar-refractivity contribution is 5.79. The topological polar surface area (TPSA) is 46.3 Å². The molecule has 1 fully saturated rings. The number of benzene rings is 1. The Labute approximate surface area is 115 Å². The summed E-state index contributed by atoms with van der Waals surface area (Å²) in [6.07, 6.45) is 5.76. The largest absolute Gasteiger partial charge is 0.337 e. The van der Waals surface area contributed by atoms with Crippen molar-refractivity contribution in [1.29, 1.82) is 0 Å². The molecular weight excluding hydrogens is 236 g/mol. The average molecular weight is 260 g/mol. The summed E-state index contributed by atoms with van der Waals surface area (Å²) in [7, 11) is 0. The number of hydrogen-bond acceptors (Lipinski definition) is 2. The molecule has 0 heterocycles. The fourth-order valence-corrected chi connectivity index (χ4v) is 2.83. The van der Waals surface area contributed by atoms with E-state index in [1.165, 1.54) is 24.8 Å². The van der Waals surface area contributed by atoms with Crippen LogP contribution in [0.5, 0.6) is 0 Å². The van der Waals surface area contributed by atoms with Gasteiger partial charge in [0.05, 0.1) is 0 Å². The summed E-state index contributed by atoms with van der Waals surface area (Å²) >= 11 is 0. The molecule has 3 heteroatoms. The summed E-state index contributed by atoms with van der Waals surface area (Å²) in [4.78, 5) is 14.5. The normalized spacial score (nSPS) is 16.3. The van der Waals surface area contributed by atoms with Crippen molar-refractivity contribution in [3.05, 3.63) is 35.9 Å². The van der Waals surface area contributed by atoms with Crippen LogP contribution in [0.3, 0.4) is 0 Å². The van der Waals surface area contributed by atoms with Gasteiger partial charge in [-0.1, -0.05) is 49.6 Å². The minimum atomic E-state index is 0.226. The molecular formula is C16H24N2O. The Morgan fingerprint density at radius 3 is 2.47 bits per heavy atom. The van der Waals surface area contributed by atoms with Crippen molar-refractivity contribution in [1.82, 2.24) is 4.90 Å². The summed E-state index contributed by atoms with van der Waals surface area (Å²) in [6.45, 7) is 1.88. The Balaban J connectivity index is 2.00. The maximum atomic E-state index is 12.6. The molecule has 1 aromatic rings. The molecule has 0 bridgehead atoms. The van der Waals surface area contributed by atoms with Gasteiger partial charge in [0.25, 0.3) is 0 Å². The third-order valence-electron chi connectivity index (χ3n) is 3.88. The van der Waals surface area contributed by atoms with Crippen molar-refractivity contribution < 1.29 is 4.79 Å². The number of nitrogens with zero attached hydrogens (tertiary/aromatic N) is 1. The average Bonchev–Trinajstić information content (AvgIpc) is 2.48. The van der Waals surface area contributed by atoms with Crippen LogP contribution in [0, 0.1) is 5.92 Å². The molecule has 3 nitrogen and oxygen atoms in total. The van der Waals surface area contributed by atoms with Gasteiger partial charge in [-0.15, -0.1) is 0 Å². The van der Waals surface area contributed by atoms with Crippen LogP contribution in [0.25, 0.3) is 0 Å². The summed E-state index contributed by atoms with van der Waals surface area (Å²) in [5.41, 5.74) is 6.84. The number of nitrogens with two attached hydrogens (primary N) is 1. The van der Waals surface area contributed by atoms with Crippen LogP contribution in [0.4, 0.5) is 0 Å². The number of amides is 1. The Hall–Kier alpha value is -1.35. The lowest BCUT2D eigenvalue weighted by Crippen LogP contribution is -2.39. The Bertz CT molecular complexity index is 385. The quantitative estimate of drug-likeness (QED) is 0.884. The van der Waals surface area contributed by atoms with E-state index in [0.29, 0.717) is 25.5 Å². The monoisotopic (exact) mass is 260 g/mol. The van der Waals surface area contributed by atoms with Crippen molar-refractivity contribution in [2.45, 2.75) is 38.6 Å². The van der Waals surface area contributed by atoms with E-state index in [9.17, 15) is 4.79 Å². The SMILES string of the molecule is NCCN(Cc1ccccc1)C(=O)C1CCCCC1. The third kappa shape index (κ3) is 4.06. The van der Waals surface area contributed by atoms with Gasteiger partial charge in [0.15, 0.2) is 0 Å². The van der Waals surface area contributed by atoms with Crippen molar-refractivity contribution in [3.8, 4) is 0 Å². The highest BCUT2D eigenvalue weighted by Gasteiger charge is 2.25. The van der Waals surface area contributed by atoms with E-state index in [1.54, 1.807) is 0 Å².